The Morgan fingerprint density at radius 1 is 1.42 bits per heavy atom. The van der Waals surface area contributed by atoms with E-state index in [-0.39, 0.29) is 5.91 Å². The molecule has 0 saturated heterocycles. The Morgan fingerprint density at radius 2 is 2.21 bits per heavy atom. The van der Waals surface area contributed by atoms with E-state index in [0.29, 0.717) is 22.7 Å². The molecule has 19 heavy (non-hydrogen) atoms. The Bertz CT molecular complexity index is 587. The maximum absolute atomic E-state index is 12.0. The molecule has 0 aliphatic heterocycles. The average Bonchev–Trinajstić information content (AvgIpc) is 2.98. The third-order valence-electron chi connectivity index (χ3n) is 2.36. The Morgan fingerprint density at radius 3 is 2.84 bits per heavy atom. The second-order valence-corrected chi connectivity index (χ2v) is 5.82. The van der Waals surface area contributed by atoms with Gasteiger partial charge in [-0.15, -0.1) is 11.3 Å². The molecule has 6 heteroatoms. The van der Waals surface area contributed by atoms with Crippen molar-refractivity contribution < 1.29 is 14.3 Å². The van der Waals surface area contributed by atoms with Gasteiger partial charge in [-0.25, -0.2) is 4.79 Å². The van der Waals surface area contributed by atoms with Crippen LogP contribution in [0.1, 0.15) is 32.5 Å². The van der Waals surface area contributed by atoms with Crippen LogP contribution < -0.4 is 5.32 Å². The first-order valence-electron chi connectivity index (χ1n) is 5.73. The number of amides is 1. The zero-order valence-electron chi connectivity index (χ0n) is 10.6. The van der Waals surface area contributed by atoms with E-state index < -0.39 is 5.97 Å². The molecule has 0 radical (unpaired) electrons. The predicted molar refractivity (Wildman–Crippen MR) is 77.3 cm³/mol. The van der Waals surface area contributed by atoms with Crippen molar-refractivity contribution in [2.75, 3.05) is 11.9 Å². The van der Waals surface area contributed by atoms with Crippen LogP contribution in [0.5, 0.6) is 0 Å². The van der Waals surface area contributed by atoms with Gasteiger partial charge in [-0.3, -0.25) is 4.79 Å². The smallest absolute Gasteiger partial charge is 0.341 e. The lowest BCUT2D eigenvalue weighted by atomic mass is 10.2. The minimum absolute atomic E-state index is 0.214. The molecular formula is C13H13NO3S2. The Kier molecular flexibility index (Phi) is 4.34. The molecule has 0 aromatic carbocycles. The molecule has 1 amide bonds. The first kappa shape index (κ1) is 13.8. The number of aryl methyl sites for hydroxylation is 1. The largest absolute Gasteiger partial charge is 0.462 e. The first-order chi connectivity index (χ1) is 9.11. The number of rotatable bonds is 4. The van der Waals surface area contributed by atoms with Gasteiger partial charge < -0.3 is 10.1 Å². The van der Waals surface area contributed by atoms with E-state index in [9.17, 15) is 9.59 Å². The number of anilines is 1. The van der Waals surface area contributed by atoms with Gasteiger partial charge in [0, 0.05) is 10.3 Å². The van der Waals surface area contributed by atoms with Crippen molar-refractivity contribution in [3.63, 3.8) is 0 Å². The van der Waals surface area contributed by atoms with E-state index in [1.807, 2.05) is 12.3 Å². The lowest BCUT2D eigenvalue weighted by molar-refractivity contribution is 0.0528. The molecule has 100 valence electrons. The van der Waals surface area contributed by atoms with Gasteiger partial charge in [0.15, 0.2) is 0 Å². The van der Waals surface area contributed by atoms with Gasteiger partial charge in [-0.05, 0) is 31.4 Å². The topological polar surface area (TPSA) is 55.4 Å². The highest BCUT2D eigenvalue weighted by atomic mass is 32.1. The molecule has 0 spiro atoms. The van der Waals surface area contributed by atoms with Gasteiger partial charge >= 0.3 is 5.97 Å². The van der Waals surface area contributed by atoms with Crippen LogP contribution in [0.25, 0.3) is 0 Å². The maximum atomic E-state index is 12.0. The molecule has 0 saturated carbocycles. The molecule has 0 unspecified atom stereocenters. The van der Waals surface area contributed by atoms with Crippen LogP contribution >= 0.6 is 22.7 Å². The first-order valence-corrected chi connectivity index (χ1v) is 7.49. The number of hydrogen-bond acceptors (Lipinski definition) is 5. The van der Waals surface area contributed by atoms with Crippen LogP contribution in [-0.2, 0) is 4.74 Å². The van der Waals surface area contributed by atoms with Gasteiger partial charge in [-0.2, -0.15) is 11.3 Å². The number of thiophene rings is 2. The van der Waals surface area contributed by atoms with E-state index in [1.54, 1.807) is 24.4 Å². The summed E-state index contributed by atoms with van der Waals surface area (Å²) in [6, 6.07) is 3.47. The molecule has 0 fully saturated rings. The Hall–Kier alpha value is -1.66. The number of carbonyl (C=O) groups excluding carboxylic acids is 2. The highest BCUT2D eigenvalue weighted by molar-refractivity contribution is 7.16. The second kappa shape index (κ2) is 5.99. The summed E-state index contributed by atoms with van der Waals surface area (Å²) in [4.78, 5) is 24.7. The quantitative estimate of drug-likeness (QED) is 0.878. The molecule has 1 N–H and O–H groups in total. The summed E-state index contributed by atoms with van der Waals surface area (Å²) in [5, 5.41) is 6.89. The minimum atomic E-state index is -0.410. The van der Waals surface area contributed by atoms with Gasteiger partial charge in [0.1, 0.15) is 5.00 Å². The lowest BCUT2D eigenvalue weighted by Crippen LogP contribution is -2.13. The van der Waals surface area contributed by atoms with Crippen molar-refractivity contribution in [2.45, 2.75) is 13.8 Å². The SMILES string of the molecule is CCOC(=O)c1cc(C)sc1NC(=O)c1ccsc1. The van der Waals surface area contributed by atoms with Crippen molar-refractivity contribution in [3.8, 4) is 0 Å². The molecule has 0 atom stereocenters. The van der Waals surface area contributed by atoms with Crippen molar-refractivity contribution in [1.29, 1.82) is 0 Å². The summed E-state index contributed by atoms with van der Waals surface area (Å²) in [7, 11) is 0. The molecule has 2 heterocycles. The molecule has 2 aromatic rings. The number of ether oxygens (including phenoxy) is 1. The van der Waals surface area contributed by atoms with Crippen molar-refractivity contribution in [1.82, 2.24) is 0 Å². The van der Waals surface area contributed by atoms with E-state index in [1.165, 1.54) is 22.7 Å². The molecule has 2 aromatic heterocycles. The third-order valence-corrected chi connectivity index (χ3v) is 4.01. The normalized spacial score (nSPS) is 10.2. The minimum Gasteiger partial charge on any atom is -0.462 e. The molecule has 0 aliphatic rings. The predicted octanol–water partition coefficient (Wildman–Crippen LogP) is 3.55. The van der Waals surface area contributed by atoms with Crippen LogP contribution in [0.4, 0.5) is 5.00 Å². The van der Waals surface area contributed by atoms with Crippen LogP contribution in [-0.4, -0.2) is 18.5 Å². The van der Waals surface area contributed by atoms with Crippen LogP contribution in [0.3, 0.4) is 0 Å². The second-order valence-electron chi connectivity index (χ2n) is 3.79. The van der Waals surface area contributed by atoms with E-state index in [4.69, 9.17) is 4.74 Å². The molecular weight excluding hydrogens is 282 g/mol. The van der Waals surface area contributed by atoms with E-state index in [2.05, 4.69) is 5.32 Å². The Labute approximate surface area is 119 Å². The average molecular weight is 295 g/mol. The Balaban J connectivity index is 2.20. The molecule has 0 bridgehead atoms. The molecule has 2 rings (SSSR count). The number of nitrogens with one attached hydrogen (secondary N) is 1. The van der Waals surface area contributed by atoms with E-state index in [0.717, 1.165) is 4.88 Å². The van der Waals surface area contributed by atoms with Crippen LogP contribution in [0.2, 0.25) is 0 Å². The number of esters is 1. The fourth-order valence-corrected chi connectivity index (χ4v) is 3.07. The van der Waals surface area contributed by atoms with Gasteiger partial charge in [-0.1, -0.05) is 0 Å². The fraction of sp³-hybridized carbons (Fsp3) is 0.231. The van der Waals surface area contributed by atoms with Gasteiger partial charge in [0.05, 0.1) is 17.7 Å². The maximum Gasteiger partial charge on any atom is 0.341 e. The van der Waals surface area contributed by atoms with Gasteiger partial charge in [0.25, 0.3) is 5.91 Å². The summed E-state index contributed by atoms with van der Waals surface area (Å²) in [6.07, 6.45) is 0. The standard InChI is InChI=1S/C13H13NO3S2/c1-3-17-13(16)10-6-8(2)19-12(10)14-11(15)9-4-5-18-7-9/h4-7H,3H2,1-2H3,(H,14,15). The van der Waals surface area contributed by atoms with E-state index >= 15 is 0 Å². The zero-order valence-corrected chi connectivity index (χ0v) is 12.2. The fourth-order valence-electron chi connectivity index (χ4n) is 1.54. The summed E-state index contributed by atoms with van der Waals surface area (Å²) >= 11 is 2.82. The number of hydrogen-bond donors (Lipinski definition) is 1. The molecule has 0 aliphatic carbocycles. The summed E-state index contributed by atoms with van der Waals surface area (Å²) in [6.45, 7) is 3.94. The summed E-state index contributed by atoms with van der Waals surface area (Å²) in [5.41, 5.74) is 0.999. The zero-order chi connectivity index (χ0) is 13.8. The number of carbonyl (C=O) groups is 2. The highest BCUT2D eigenvalue weighted by Gasteiger charge is 2.18. The summed E-state index contributed by atoms with van der Waals surface area (Å²) in [5.74, 6) is -0.624. The lowest BCUT2D eigenvalue weighted by Gasteiger charge is -2.04. The van der Waals surface area contributed by atoms with Crippen molar-refractivity contribution in [2.24, 2.45) is 0 Å². The highest BCUT2D eigenvalue weighted by Crippen LogP contribution is 2.28. The summed E-state index contributed by atoms with van der Waals surface area (Å²) < 4.78 is 4.97. The third kappa shape index (κ3) is 3.21. The monoisotopic (exact) mass is 295 g/mol. The molecule has 4 nitrogen and oxygen atoms in total. The van der Waals surface area contributed by atoms with Crippen molar-refractivity contribution >= 4 is 39.6 Å². The van der Waals surface area contributed by atoms with Crippen LogP contribution in [0.15, 0.2) is 22.9 Å². The van der Waals surface area contributed by atoms with Crippen LogP contribution in [0, 0.1) is 6.92 Å². The van der Waals surface area contributed by atoms with Crippen molar-refractivity contribution in [3.05, 3.63) is 38.9 Å². The van der Waals surface area contributed by atoms with Gasteiger partial charge in [0.2, 0.25) is 0 Å².